The molecule has 0 radical (unpaired) electrons. The number of nitrogens with zero attached hydrogens (tertiary/aromatic N) is 3. The van der Waals surface area contributed by atoms with Crippen LogP contribution in [0.4, 0.5) is 17.3 Å². The van der Waals surface area contributed by atoms with Crippen LogP contribution < -0.4 is 20.1 Å². The molecule has 0 fully saturated rings. The molecule has 0 spiro atoms. The van der Waals surface area contributed by atoms with Gasteiger partial charge in [-0.05, 0) is 42.0 Å². The van der Waals surface area contributed by atoms with Gasteiger partial charge >= 0.3 is 0 Å². The molecule has 0 saturated heterocycles. The Balaban J connectivity index is 1.73. The van der Waals surface area contributed by atoms with Crippen molar-refractivity contribution in [3.8, 4) is 22.6 Å². The number of rotatable bonds is 9. The molecule has 208 valence electrons. The Morgan fingerprint density at radius 1 is 1.00 bits per heavy atom. The lowest BCUT2D eigenvalue weighted by molar-refractivity contribution is -0.111. The van der Waals surface area contributed by atoms with Crippen LogP contribution >= 0.6 is 23.2 Å². The van der Waals surface area contributed by atoms with Crippen molar-refractivity contribution < 1.29 is 22.7 Å². The minimum absolute atomic E-state index is 0.000802. The number of carbonyl (C=O) groups is 1. The van der Waals surface area contributed by atoms with E-state index in [1.807, 2.05) is 12.1 Å². The third-order valence-electron chi connectivity index (χ3n) is 5.90. The van der Waals surface area contributed by atoms with Crippen LogP contribution in [-0.4, -0.2) is 56.9 Å². The molecule has 0 atom stereocenters. The van der Waals surface area contributed by atoms with Gasteiger partial charge in [0.1, 0.15) is 11.5 Å². The van der Waals surface area contributed by atoms with Crippen LogP contribution in [0.1, 0.15) is 0 Å². The smallest absolute Gasteiger partial charge is 0.247 e. The van der Waals surface area contributed by atoms with E-state index in [4.69, 9.17) is 32.7 Å². The Morgan fingerprint density at radius 3 is 2.27 bits per heavy atom. The van der Waals surface area contributed by atoms with Crippen molar-refractivity contribution in [2.75, 3.05) is 38.9 Å². The number of halogens is 2. The molecule has 3 aromatic carbocycles. The average molecular weight is 603 g/mol. The fourth-order valence-corrected chi connectivity index (χ4v) is 5.45. The number of methoxy groups -OCH3 is 2. The van der Waals surface area contributed by atoms with Crippen LogP contribution in [0.2, 0.25) is 10.0 Å². The van der Waals surface area contributed by atoms with Gasteiger partial charge in [-0.3, -0.25) is 4.79 Å². The highest BCUT2D eigenvalue weighted by molar-refractivity contribution is 7.89. The van der Waals surface area contributed by atoms with Gasteiger partial charge < -0.3 is 20.1 Å². The van der Waals surface area contributed by atoms with E-state index in [9.17, 15) is 13.2 Å². The molecular weight excluding hydrogens is 577 g/mol. The largest absolute Gasteiger partial charge is 0.495 e. The maximum Gasteiger partial charge on any atom is 0.247 e. The Labute approximate surface area is 241 Å². The minimum Gasteiger partial charge on any atom is -0.495 e. The van der Waals surface area contributed by atoms with E-state index in [1.165, 1.54) is 46.5 Å². The van der Waals surface area contributed by atoms with Crippen LogP contribution in [0.15, 0.2) is 66.2 Å². The summed E-state index contributed by atoms with van der Waals surface area (Å²) in [5.41, 5.74) is 2.44. The van der Waals surface area contributed by atoms with Crippen LogP contribution in [-0.2, 0) is 14.8 Å². The zero-order valence-electron chi connectivity index (χ0n) is 22.0. The van der Waals surface area contributed by atoms with Gasteiger partial charge in [0.15, 0.2) is 0 Å². The first-order valence-corrected chi connectivity index (χ1v) is 13.8. The van der Waals surface area contributed by atoms with Crippen LogP contribution in [0.3, 0.4) is 0 Å². The first-order valence-electron chi connectivity index (χ1n) is 11.6. The summed E-state index contributed by atoms with van der Waals surface area (Å²) in [6, 6.07) is 11.3. The molecule has 4 rings (SSSR count). The SMILES string of the molecule is C=CC(=O)Nc1cc(S(=O)(=O)N(C)C)ccc1Nc1ncc2cc(-c3c(Cl)c(OC)cc(OC)c3Cl)ccc2n1. The predicted octanol–water partition coefficient (Wildman–Crippen LogP) is 5.74. The number of amides is 1. The quantitative estimate of drug-likeness (QED) is 0.233. The molecule has 0 unspecified atom stereocenters. The van der Waals surface area contributed by atoms with Crippen molar-refractivity contribution in [2.45, 2.75) is 4.90 Å². The van der Waals surface area contributed by atoms with Crippen LogP contribution in [0.25, 0.3) is 22.0 Å². The molecule has 0 aliphatic carbocycles. The summed E-state index contributed by atoms with van der Waals surface area (Å²) in [5, 5.41) is 7.03. The fraction of sp³-hybridized carbons (Fsp3) is 0.148. The van der Waals surface area contributed by atoms with Gasteiger partial charge in [-0.15, -0.1) is 0 Å². The number of carbonyl (C=O) groups excluding carboxylic acids is 1. The second-order valence-electron chi connectivity index (χ2n) is 8.56. The standard InChI is InChI=1S/C27H25Cl2N5O5S/c1-6-23(35)31-20-12-17(40(36,37)34(2)3)8-10-19(20)33-27-30-14-16-11-15(7-9-18(16)32-27)24-25(28)21(38-4)13-22(39-5)26(24)29/h6-14H,1H2,2-5H3,(H,31,35)(H,30,32,33). The Bertz CT molecular complexity index is 1720. The maximum atomic E-state index is 12.6. The molecule has 40 heavy (non-hydrogen) atoms. The number of fused-ring (bicyclic) bond motifs is 1. The lowest BCUT2D eigenvalue weighted by Crippen LogP contribution is -2.22. The van der Waals surface area contributed by atoms with Gasteiger partial charge in [0, 0.05) is 37.3 Å². The number of anilines is 3. The van der Waals surface area contributed by atoms with Gasteiger partial charge in [-0.25, -0.2) is 22.7 Å². The third-order valence-corrected chi connectivity index (χ3v) is 8.46. The van der Waals surface area contributed by atoms with Gasteiger partial charge in [-0.2, -0.15) is 0 Å². The summed E-state index contributed by atoms with van der Waals surface area (Å²) >= 11 is 13.2. The highest BCUT2D eigenvalue weighted by Gasteiger charge is 2.21. The van der Waals surface area contributed by atoms with Crippen molar-refractivity contribution in [3.05, 3.63) is 71.4 Å². The number of ether oxygens (including phenoxy) is 2. The molecule has 0 aliphatic heterocycles. The molecule has 13 heteroatoms. The molecule has 1 amide bonds. The summed E-state index contributed by atoms with van der Waals surface area (Å²) in [5.74, 6) is 0.535. The molecular formula is C27H25Cl2N5O5S. The van der Waals surface area contributed by atoms with E-state index in [-0.39, 0.29) is 16.5 Å². The van der Waals surface area contributed by atoms with E-state index in [0.717, 1.165) is 10.4 Å². The van der Waals surface area contributed by atoms with Crippen molar-refractivity contribution in [1.29, 1.82) is 0 Å². The first-order chi connectivity index (χ1) is 19.0. The highest BCUT2D eigenvalue weighted by atomic mass is 35.5. The third kappa shape index (κ3) is 5.68. The number of aromatic nitrogens is 2. The monoisotopic (exact) mass is 601 g/mol. The topological polar surface area (TPSA) is 123 Å². The molecule has 1 heterocycles. The number of sulfonamides is 1. The summed E-state index contributed by atoms with van der Waals surface area (Å²) in [6.45, 7) is 3.45. The fourth-order valence-electron chi connectivity index (χ4n) is 3.80. The summed E-state index contributed by atoms with van der Waals surface area (Å²) in [7, 11) is 2.11. The van der Waals surface area contributed by atoms with Crippen molar-refractivity contribution in [1.82, 2.24) is 14.3 Å². The van der Waals surface area contributed by atoms with Gasteiger partial charge in [0.25, 0.3) is 0 Å². The summed E-state index contributed by atoms with van der Waals surface area (Å²) in [4.78, 5) is 21.0. The van der Waals surface area contributed by atoms with E-state index in [2.05, 4.69) is 27.2 Å². The second kappa shape index (κ2) is 11.7. The normalized spacial score (nSPS) is 11.4. The molecule has 0 saturated carbocycles. The Hall–Kier alpha value is -3.90. The first kappa shape index (κ1) is 29.1. The zero-order valence-corrected chi connectivity index (χ0v) is 24.3. The highest BCUT2D eigenvalue weighted by Crippen LogP contribution is 2.46. The Morgan fingerprint density at radius 2 is 1.68 bits per heavy atom. The average Bonchev–Trinajstić information content (AvgIpc) is 2.94. The molecule has 0 aliphatic rings. The minimum atomic E-state index is -3.74. The van der Waals surface area contributed by atoms with Gasteiger partial charge in [0.05, 0.1) is 46.1 Å². The van der Waals surface area contributed by atoms with Gasteiger partial charge in [-0.1, -0.05) is 35.8 Å². The van der Waals surface area contributed by atoms with Gasteiger partial charge in [0.2, 0.25) is 21.9 Å². The number of hydrogen-bond donors (Lipinski definition) is 2. The Kier molecular flexibility index (Phi) is 8.50. The molecule has 0 bridgehead atoms. The lowest BCUT2D eigenvalue weighted by atomic mass is 10.0. The number of benzene rings is 3. The molecule has 10 nitrogen and oxygen atoms in total. The van der Waals surface area contributed by atoms with Crippen LogP contribution in [0, 0.1) is 0 Å². The second-order valence-corrected chi connectivity index (χ2v) is 11.5. The van der Waals surface area contributed by atoms with E-state index in [1.54, 1.807) is 18.3 Å². The van der Waals surface area contributed by atoms with E-state index >= 15 is 0 Å². The maximum absolute atomic E-state index is 12.6. The molecule has 4 aromatic rings. The number of hydrogen-bond acceptors (Lipinski definition) is 8. The van der Waals surface area contributed by atoms with E-state index in [0.29, 0.717) is 49.3 Å². The summed E-state index contributed by atoms with van der Waals surface area (Å²) in [6.07, 6.45) is 2.69. The molecule has 2 N–H and O–H groups in total. The van der Waals surface area contributed by atoms with Crippen LogP contribution in [0.5, 0.6) is 11.5 Å². The zero-order chi connectivity index (χ0) is 29.2. The van der Waals surface area contributed by atoms with Crippen molar-refractivity contribution in [3.63, 3.8) is 0 Å². The van der Waals surface area contributed by atoms with Crippen molar-refractivity contribution >= 4 is 67.4 Å². The predicted molar refractivity (Wildman–Crippen MR) is 158 cm³/mol. The molecule has 1 aromatic heterocycles. The number of nitrogens with one attached hydrogen (secondary N) is 2. The summed E-state index contributed by atoms with van der Waals surface area (Å²) < 4.78 is 37.1. The van der Waals surface area contributed by atoms with Crippen molar-refractivity contribution in [2.24, 2.45) is 0 Å². The lowest BCUT2D eigenvalue weighted by Gasteiger charge is -2.16. The van der Waals surface area contributed by atoms with E-state index < -0.39 is 15.9 Å².